The minimum absolute atomic E-state index is 0.464. The van der Waals surface area contributed by atoms with Gasteiger partial charge in [-0.25, -0.2) is 0 Å². The molecule has 0 spiro atoms. The van der Waals surface area contributed by atoms with Crippen LogP contribution in [-0.4, -0.2) is 15.8 Å². The Balaban J connectivity index is 2.76. The van der Waals surface area contributed by atoms with E-state index in [0.717, 1.165) is 23.0 Å². The molecule has 0 unspecified atom stereocenters. The van der Waals surface area contributed by atoms with Crippen LogP contribution in [0.15, 0.2) is 0 Å². The van der Waals surface area contributed by atoms with Gasteiger partial charge < -0.3 is 5.32 Å². The molecular weight excluding hydrogens is 186 g/mol. The van der Waals surface area contributed by atoms with E-state index in [0.29, 0.717) is 6.04 Å². The minimum Gasteiger partial charge on any atom is -0.309 e. The number of nitrogens with zero attached hydrogens (tertiary/aromatic N) is 2. The fourth-order valence-electron chi connectivity index (χ4n) is 1.17. The standard InChI is InChI=1S/C9H16ClN3/c1-6(2)11-5-8-9(10)7(3)12-13(8)4/h6,11H,5H2,1-4H3. The Bertz CT molecular complexity index is 291. The van der Waals surface area contributed by atoms with Gasteiger partial charge in [-0.1, -0.05) is 25.4 Å². The van der Waals surface area contributed by atoms with Gasteiger partial charge >= 0.3 is 0 Å². The second kappa shape index (κ2) is 4.11. The molecule has 0 saturated heterocycles. The molecule has 0 aliphatic heterocycles. The molecule has 3 nitrogen and oxygen atoms in total. The molecule has 0 fully saturated rings. The Morgan fingerprint density at radius 2 is 2.15 bits per heavy atom. The van der Waals surface area contributed by atoms with Crippen LogP contribution in [0.5, 0.6) is 0 Å². The quantitative estimate of drug-likeness (QED) is 0.810. The lowest BCUT2D eigenvalue weighted by atomic mass is 10.3. The predicted octanol–water partition coefficient (Wildman–Crippen LogP) is 1.88. The van der Waals surface area contributed by atoms with Gasteiger partial charge in [-0.3, -0.25) is 4.68 Å². The molecule has 0 aromatic carbocycles. The lowest BCUT2D eigenvalue weighted by Crippen LogP contribution is -2.23. The number of hydrogen-bond donors (Lipinski definition) is 1. The van der Waals surface area contributed by atoms with Gasteiger partial charge in [0.05, 0.1) is 16.4 Å². The summed E-state index contributed by atoms with van der Waals surface area (Å²) in [5, 5.41) is 8.32. The van der Waals surface area contributed by atoms with Crippen LogP contribution in [-0.2, 0) is 13.6 Å². The summed E-state index contributed by atoms with van der Waals surface area (Å²) in [5.74, 6) is 0. The van der Waals surface area contributed by atoms with Gasteiger partial charge in [-0.2, -0.15) is 5.10 Å². The van der Waals surface area contributed by atoms with E-state index in [-0.39, 0.29) is 0 Å². The van der Waals surface area contributed by atoms with Crippen molar-refractivity contribution in [2.75, 3.05) is 0 Å². The average molecular weight is 202 g/mol. The highest BCUT2D eigenvalue weighted by Gasteiger charge is 2.10. The summed E-state index contributed by atoms with van der Waals surface area (Å²) < 4.78 is 1.83. The monoisotopic (exact) mass is 201 g/mol. The first-order chi connectivity index (χ1) is 6.02. The maximum atomic E-state index is 6.07. The normalized spacial score (nSPS) is 11.2. The molecule has 0 aliphatic rings. The minimum atomic E-state index is 0.464. The molecule has 1 aromatic heterocycles. The van der Waals surface area contributed by atoms with E-state index in [9.17, 15) is 0 Å². The van der Waals surface area contributed by atoms with Crippen molar-refractivity contribution in [2.45, 2.75) is 33.4 Å². The SMILES string of the molecule is Cc1nn(C)c(CNC(C)C)c1Cl. The van der Waals surface area contributed by atoms with Crippen molar-refractivity contribution in [1.29, 1.82) is 0 Å². The van der Waals surface area contributed by atoms with Crippen molar-refractivity contribution in [3.8, 4) is 0 Å². The van der Waals surface area contributed by atoms with Crippen LogP contribution in [0.4, 0.5) is 0 Å². The zero-order valence-electron chi connectivity index (χ0n) is 8.56. The van der Waals surface area contributed by atoms with Crippen molar-refractivity contribution in [3.05, 3.63) is 16.4 Å². The van der Waals surface area contributed by atoms with Crippen LogP contribution in [0.1, 0.15) is 25.2 Å². The second-order valence-electron chi connectivity index (χ2n) is 3.51. The van der Waals surface area contributed by atoms with Crippen molar-refractivity contribution < 1.29 is 0 Å². The third kappa shape index (κ3) is 2.45. The Kier molecular flexibility index (Phi) is 3.33. The molecule has 0 radical (unpaired) electrons. The lowest BCUT2D eigenvalue weighted by molar-refractivity contribution is 0.559. The van der Waals surface area contributed by atoms with Crippen molar-refractivity contribution in [2.24, 2.45) is 7.05 Å². The van der Waals surface area contributed by atoms with E-state index in [1.54, 1.807) is 0 Å². The van der Waals surface area contributed by atoms with Crippen LogP contribution in [0, 0.1) is 6.92 Å². The lowest BCUT2D eigenvalue weighted by Gasteiger charge is -2.08. The fraction of sp³-hybridized carbons (Fsp3) is 0.667. The molecule has 0 aliphatic carbocycles. The van der Waals surface area contributed by atoms with E-state index >= 15 is 0 Å². The molecule has 74 valence electrons. The Hall–Kier alpha value is -0.540. The van der Waals surface area contributed by atoms with Crippen molar-refractivity contribution >= 4 is 11.6 Å². The van der Waals surface area contributed by atoms with Gasteiger partial charge in [-0.05, 0) is 6.92 Å². The van der Waals surface area contributed by atoms with Crippen LogP contribution in [0.2, 0.25) is 5.02 Å². The maximum absolute atomic E-state index is 6.07. The van der Waals surface area contributed by atoms with Gasteiger partial charge in [0.1, 0.15) is 0 Å². The van der Waals surface area contributed by atoms with E-state index in [2.05, 4.69) is 24.3 Å². The smallest absolute Gasteiger partial charge is 0.0860 e. The van der Waals surface area contributed by atoms with Gasteiger partial charge in [0.2, 0.25) is 0 Å². The van der Waals surface area contributed by atoms with Crippen LogP contribution >= 0.6 is 11.6 Å². The summed E-state index contributed by atoms with van der Waals surface area (Å²) in [7, 11) is 1.91. The Morgan fingerprint density at radius 1 is 1.54 bits per heavy atom. The van der Waals surface area contributed by atoms with Crippen LogP contribution in [0.25, 0.3) is 0 Å². The van der Waals surface area contributed by atoms with E-state index in [1.165, 1.54) is 0 Å². The van der Waals surface area contributed by atoms with Gasteiger partial charge in [0.15, 0.2) is 0 Å². The van der Waals surface area contributed by atoms with Gasteiger partial charge in [-0.15, -0.1) is 0 Å². The summed E-state index contributed by atoms with van der Waals surface area (Å²) in [4.78, 5) is 0. The molecule has 0 atom stereocenters. The summed E-state index contributed by atoms with van der Waals surface area (Å²) in [6, 6.07) is 0.464. The van der Waals surface area contributed by atoms with E-state index < -0.39 is 0 Å². The highest BCUT2D eigenvalue weighted by molar-refractivity contribution is 6.31. The highest BCUT2D eigenvalue weighted by atomic mass is 35.5. The third-order valence-electron chi connectivity index (χ3n) is 1.94. The average Bonchev–Trinajstić information content (AvgIpc) is 2.24. The number of nitrogens with one attached hydrogen (secondary N) is 1. The molecule has 1 heterocycles. The molecule has 1 N–H and O–H groups in total. The van der Waals surface area contributed by atoms with E-state index in [1.807, 2.05) is 18.7 Å². The molecule has 0 amide bonds. The molecule has 1 rings (SSSR count). The number of rotatable bonds is 3. The summed E-state index contributed by atoms with van der Waals surface area (Å²) in [5.41, 5.74) is 1.94. The van der Waals surface area contributed by atoms with Crippen molar-refractivity contribution in [3.63, 3.8) is 0 Å². The van der Waals surface area contributed by atoms with Gasteiger partial charge in [0, 0.05) is 19.6 Å². The van der Waals surface area contributed by atoms with Crippen molar-refractivity contribution in [1.82, 2.24) is 15.1 Å². The maximum Gasteiger partial charge on any atom is 0.0860 e. The number of aromatic nitrogens is 2. The molecule has 1 aromatic rings. The zero-order valence-corrected chi connectivity index (χ0v) is 9.31. The Morgan fingerprint density at radius 3 is 2.54 bits per heavy atom. The predicted molar refractivity (Wildman–Crippen MR) is 54.9 cm³/mol. The summed E-state index contributed by atoms with van der Waals surface area (Å²) >= 11 is 6.07. The second-order valence-corrected chi connectivity index (χ2v) is 3.88. The first-order valence-corrected chi connectivity index (χ1v) is 4.81. The third-order valence-corrected chi connectivity index (χ3v) is 2.43. The van der Waals surface area contributed by atoms with E-state index in [4.69, 9.17) is 11.6 Å². The van der Waals surface area contributed by atoms with Gasteiger partial charge in [0.25, 0.3) is 0 Å². The van der Waals surface area contributed by atoms with Crippen LogP contribution < -0.4 is 5.32 Å². The summed E-state index contributed by atoms with van der Waals surface area (Å²) in [6.07, 6.45) is 0. The number of aryl methyl sites for hydroxylation is 2. The van der Waals surface area contributed by atoms with Crippen LogP contribution in [0.3, 0.4) is 0 Å². The molecule has 4 heteroatoms. The number of hydrogen-bond acceptors (Lipinski definition) is 2. The topological polar surface area (TPSA) is 29.9 Å². The molecule has 13 heavy (non-hydrogen) atoms. The Labute approximate surface area is 84.1 Å². The molecule has 0 saturated carbocycles. The zero-order chi connectivity index (χ0) is 10.0. The largest absolute Gasteiger partial charge is 0.309 e. The molecular formula is C9H16ClN3. The highest BCUT2D eigenvalue weighted by Crippen LogP contribution is 2.18. The number of halogens is 1. The fourth-order valence-corrected chi connectivity index (χ4v) is 1.40. The summed E-state index contributed by atoms with van der Waals surface area (Å²) in [6.45, 7) is 6.91. The first-order valence-electron chi connectivity index (χ1n) is 4.43. The first kappa shape index (κ1) is 10.5. The molecule has 0 bridgehead atoms.